The molecular formula is C22H25ClN2O. The Hall–Kier alpha value is -1.84. The second-order valence-electron chi connectivity index (χ2n) is 7.92. The molecule has 2 aliphatic heterocycles. The van der Waals surface area contributed by atoms with Gasteiger partial charge < -0.3 is 9.80 Å². The van der Waals surface area contributed by atoms with Crippen LogP contribution in [0.4, 0.5) is 0 Å². The van der Waals surface area contributed by atoms with Crippen molar-refractivity contribution in [3.8, 4) is 0 Å². The van der Waals surface area contributed by atoms with Crippen molar-refractivity contribution in [1.82, 2.24) is 9.80 Å². The van der Waals surface area contributed by atoms with Gasteiger partial charge in [-0.1, -0.05) is 41.9 Å². The highest BCUT2D eigenvalue weighted by atomic mass is 35.5. The van der Waals surface area contributed by atoms with E-state index in [0.717, 1.165) is 38.9 Å². The van der Waals surface area contributed by atoms with Crippen molar-refractivity contribution in [1.29, 1.82) is 0 Å². The molecule has 0 unspecified atom stereocenters. The maximum atomic E-state index is 13.3. The van der Waals surface area contributed by atoms with Gasteiger partial charge in [0.15, 0.2) is 0 Å². The molecule has 1 spiro atoms. The summed E-state index contributed by atoms with van der Waals surface area (Å²) in [4.78, 5) is 17.7. The average molecular weight is 369 g/mol. The van der Waals surface area contributed by atoms with Crippen molar-refractivity contribution in [2.45, 2.75) is 25.8 Å². The van der Waals surface area contributed by atoms with E-state index in [2.05, 4.69) is 36.2 Å². The monoisotopic (exact) mass is 368 g/mol. The fourth-order valence-electron chi connectivity index (χ4n) is 4.39. The number of hydrogen-bond donors (Lipinski definition) is 0. The molecule has 0 aromatic heterocycles. The molecule has 3 nitrogen and oxygen atoms in total. The van der Waals surface area contributed by atoms with Gasteiger partial charge in [-0.3, -0.25) is 4.79 Å². The Morgan fingerprint density at radius 1 is 1.04 bits per heavy atom. The molecule has 26 heavy (non-hydrogen) atoms. The van der Waals surface area contributed by atoms with Crippen molar-refractivity contribution in [2.24, 2.45) is 5.41 Å². The number of fused-ring (bicyclic) bond motifs is 1. The van der Waals surface area contributed by atoms with Crippen LogP contribution in [-0.2, 0) is 13.0 Å². The number of halogens is 1. The molecular weight excluding hydrogens is 344 g/mol. The lowest BCUT2D eigenvalue weighted by Crippen LogP contribution is -2.46. The van der Waals surface area contributed by atoms with E-state index in [1.807, 2.05) is 23.1 Å². The molecule has 0 aliphatic carbocycles. The Kier molecular flexibility index (Phi) is 4.76. The fourth-order valence-corrected chi connectivity index (χ4v) is 4.58. The minimum Gasteiger partial charge on any atom is -0.334 e. The van der Waals surface area contributed by atoms with Gasteiger partial charge in [-0.05, 0) is 74.1 Å². The Morgan fingerprint density at radius 3 is 2.50 bits per heavy atom. The van der Waals surface area contributed by atoms with E-state index >= 15 is 0 Å². The van der Waals surface area contributed by atoms with Crippen LogP contribution in [0.3, 0.4) is 0 Å². The maximum absolute atomic E-state index is 13.3. The van der Waals surface area contributed by atoms with Gasteiger partial charge in [0.2, 0.25) is 0 Å². The number of hydrogen-bond acceptors (Lipinski definition) is 2. The van der Waals surface area contributed by atoms with E-state index in [1.165, 1.54) is 11.1 Å². The molecule has 1 saturated heterocycles. The highest BCUT2D eigenvalue weighted by Crippen LogP contribution is 2.39. The number of carbonyl (C=O) groups excluding carboxylic acids is 1. The van der Waals surface area contributed by atoms with Gasteiger partial charge in [-0.25, -0.2) is 0 Å². The van der Waals surface area contributed by atoms with E-state index in [-0.39, 0.29) is 11.3 Å². The maximum Gasteiger partial charge on any atom is 0.254 e. The minimum absolute atomic E-state index is 0.0857. The molecule has 2 aliphatic rings. The summed E-state index contributed by atoms with van der Waals surface area (Å²) in [7, 11) is 2.19. The molecule has 4 rings (SSSR count). The van der Waals surface area contributed by atoms with Crippen molar-refractivity contribution in [3.63, 3.8) is 0 Å². The number of piperidine rings is 1. The first-order valence-corrected chi connectivity index (χ1v) is 9.73. The molecule has 4 heteroatoms. The van der Waals surface area contributed by atoms with Gasteiger partial charge in [0.1, 0.15) is 0 Å². The topological polar surface area (TPSA) is 23.6 Å². The third-order valence-electron chi connectivity index (χ3n) is 5.98. The Bertz CT molecular complexity index is 811. The molecule has 2 heterocycles. The lowest BCUT2D eigenvalue weighted by molar-refractivity contribution is 0.0510. The summed E-state index contributed by atoms with van der Waals surface area (Å²) < 4.78 is 0. The van der Waals surface area contributed by atoms with Crippen LogP contribution in [0.2, 0.25) is 5.02 Å². The highest BCUT2D eigenvalue weighted by Gasteiger charge is 2.39. The number of carbonyl (C=O) groups is 1. The van der Waals surface area contributed by atoms with Crippen LogP contribution in [0.15, 0.2) is 48.5 Å². The predicted octanol–water partition coefficient (Wildman–Crippen LogP) is 4.25. The second kappa shape index (κ2) is 7.05. The third kappa shape index (κ3) is 3.51. The first-order chi connectivity index (χ1) is 12.5. The third-order valence-corrected chi connectivity index (χ3v) is 6.21. The van der Waals surface area contributed by atoms with Gasteiger partial charge in [0, 0.05) is 23.7 Å². The molecule has 0 saturated carbocycles. The summed E-state index contributed by atoms with van der Waals surface area (Å²) in [6.07, 6.45) is 3.34. The first-order valence-electron chi connectivity index (χ1n) is 9.35. The van der Waals surface area contributed by atoms with E-state index in [0.29, 0.717) is 17.1 Å². The van der Waals surface area contributed by atoms with Crippen LogP contribution < -0.4 is 0 Å². The van der Waals surface area contributed by atoms with Crippen molar-refractivity contribution >= 4 is 17.5 Å². The quantitative estimate of drug-likeness (QED) is 0.751. The number of likely N-dealkylation sites (tertiary alicyclic amines) is 1. The zero-order valence-electron chi connectivity index (χ0n) is 15.2. The normalized spacial score (nSPS) is 19.8. The molecule has 0 N–H and O–H groups in total. The standard InChI is InChI=1S/C22H25ClN2O/c1-24-11-9-22(10-12-24)14-18-5-2-3-6-19(18)15-25(16-22)21(26)17-7-4-8-20(23)13-17/h2-8,13H,9-12,14-16H2,1H3. The Morgan fingerprint density at radius 2 is 1.77 bits per heavy atom. The van der Waals surface area contributed by atoms with E-state index in [4.69, 9.17) is 11.6 Å². The molecule has 1 fully saturated rings. The van der Waals surface area contributed by atoms with Crippen molar-refractivity contribution in [3.05, 3.63) is 70.2 Å². The summed E-state index contributed by atoms with van der Waals surface area (Å²) in [5.41, 5.74) is 3.53. The van der Waals surface area contributed by atoms with Gasteiger partial charge in [-0.2, -0.15) is 0 Å². The summed E-state index contributed by atoms with van der Waals surface area (Å²) in [5.74, 6) is 0.0857. The summed E-state index contributed by atoms with van der Waals surface area (Å²) in [6, 6.07) is 15.9. The van der Waals surface area contributed by atoms with E-state index in [9.17, 15) is 4.79 Å². The second-order valence-corrected chi connectivity index (χ2v) is 8.36. The number of rotatable bonds is 1. The first kappa shape index (κ1) is 17.6. The molecule has 2 aromatic rings. The molecule has 2 aromatic carbocycles. The number of amides is 1. The predicted molar refractivity (Wildman–Crippen MR) is 106 cm³/mol. The zero-order valence-corrected chi connectivity index (χ0v) is 16.0. The lowest BCUT2D eigenvalue weighted by atomic mass is 9.73. The average Bonchev–Trinajstić information content (AvgIpc) is 2.80. The van der Waals surface area contributed by atoms with Crippen LogP contribution in [0.1, 0.15) is 34.3 Å². The molecule has 136 valence electrons. The van der Waals surface area contributed by atoms with Crippen LogP contribution in [0, 0.1) is 5.41 Å². The summed E-state index contributed by atoms with van der Waals surface area (Å²) >= 11 is 6.12. The number of nitrogens with zero attached hydrogens (tertiary/aromatic N) is 2. The molecule has 0 atom stereocenters. The lowest BCUT2D eigenvalue weighted by Gasteiger charge is -2.42. The van der Waals surface area contributed by atoms with Crippen LogP contribution in [-0.4, -0.2) is 42.4 Å². The zero-order chi connectivity index (χ0) is 18.1. The minimum atomic E-state index is 0.0857. The largest absolute Gasteiger partial charge is 0.334 e. The number of benzene rings is 2. The van der Waals surface area contributed by atoms with Gasteiger partial charge in [0.05, 0.1) is 0 Å². The Labute approximate surface area is 160 Å². The Balaban J connectivity index is 1.69. The summed E-state index contributed by atoms with van der Waals surface area (Å²) in [5, 5.41) is 0.611. The van der Waals surface area contributed by atoms with Crippen molar-refractivity contribution in [2.75, 3.05) is 26.7 Å². The van der Waals surface area contributed by atoms with E-state index < -0.39 is 0 Å². The van der Waals surface area contributed by atoms with Gasteiger partial charge >= 0.3 is 0 Å². The summed E-state index contributed by atoms with van der Waals surface area (Å²) in [6.45, 7) is 3.70. The highest BCUT2D eigenvalue weighted by molar-refractivity contribution is 6.30. The van der Waals surface area contributed by atoms with Gasteiger partial charge in [0.25, 0.3) is 5.91 Å². The molecule has 0 radical (unpaired) electrons. The molecule has 1 amide bonds. The molecule has 0 bridgehead atoms. The van der Waals surface area contributed by atoms with Crippen LogP contribution in [0.5, 0.6) is 0 Å². The van der Waals surface area contributed by atoms with Crippen LogP contribution >= 0.6 is 11.6 Å². The SMILES string of the molecule is CN1CCC2(CC1)Cc1ccccc1CN(C(=O)c1cccc(Cl)c1)C2. The van der Waals surface area contributed by atoms with E-state index in [1.54, 1.807) is 6.07 Å². The van der Waals surface area contributed by atoms with Gasteiger partial charge in [-0.15, -0.1) is 0 Å². The smallest absolute Gasteiger partial charge is 0.254 e. The fraction of sp³-hybridized carbons (Fsp3) is 0.409. The van der Waals surface area contributed by atoms with Crippen molar-refractivity contribution < 1.29 is 4.79 Å². The van der Waals surface area contributed by atoms with Crippen LogP contribution in [0.25, 0.3) is 0 Å².